The molecule has 0 saturated carbocycles. The summed E-state index contributed by atoms with van der Waals surface area (Å²) in [5.74, 6) is 0.456. The van der Waals surface area contributed by atoms with Crippen LogP contribution in [0, 0.1) is 0 Å². The molecular weight excluding hydrogens is 323 g/mol. The number of halogens is 3. The minimum atomic E-state index is -4.43. The maximum Gasteiger partial charge on any atom is 0.416 e. The Bertz CT molecular complexity index is 686. The molecule has 0 radical (unpaired) electrons. The number of nitrogens with one attached hydrogen (secondary N) is 1. The van der Waals surface area contributed by atoms with E-state index in [1.807, 2.05) is 19.1 Å². The van der Waals surface area contributed by atoms with E-state index in [-0.39, 0.29) is 5.69 Å². The molecule has 0 aliphatic carbocycles. The molecule has 2 aromatic carbocycles. The fourth-order valence-electron chi connectivity index (χ4n) is 1.96. The summed E-state index contributed by atoms with van der Waals surface area (Å²) in [7, 11) is 0. The van der Waals surface area contributed by atoms with Gasteiger partial charge in [-0.25, -0.2) is 0 Å². The number of carbonyl (C=O) groups is 1. The van der Waals surface area contributed by atoms with Crippen molar-refractivity contribution in [3.05, 3.63) is 59.7 Å². The number of amides is 1. The Hall–Kier alpha value is -1.95. The zero-order valence-electron chi connectivity index (χ0n) is 12.5. The van der Waals surface area contributed by atoms with Crippen LogP contribution in [0.1, 0.15) is 29.3 Å². The van der Waals surface area contributed by atoms with Crippen LogP contribution >= 0.6 is 11.8 Å². The second-order valence-electron chi connectivity index (χ2n) is 4.88. The summed E-state index contributed by atoms with van der Waals surface area (Å²) in [6.07, 6.45) is -3.47. The number of rotatable bonds is 5. The summed E-state index contributed by atoms with van der Waals surface area (Å²) in [6.45, 7) is 2.04. The number of alkyl halides is 3. The summed E-state index contributed by atoms with van der Waals surface area (Å²) in [4.78, 5) is 13.2. The monoisotopic (exact) mass is 339 g/mol. The highest BCUT2D eigenvalue weighted by atomic mass is 32.2. The van der Waals surface area contributed by atoms with Crippen molar-refractivity contribution in [2.75, 3.05) is 11.1 Å². The number of hydrogen-bond donors (Lipinski definition) is 1. The average Bonchev–Trinajstić information content (AvgIpc) is 2.52. The van der Waals surface area contributed by atoms with Crippen LogP contribution in [0.15, 0.2) is 53.4 Å². The van der Waals surface area contributed by atoms with Gasteiger partial charge in [-0.05, 0) is 42.5 Å². The van der Waals surface area contributed by atoms with Gasteiger partial charge in [0.25, 0.3) is 5.91 Å². The molecule has 0 aromatic heterocycles. The van der Waals surface area contributed by atoms with E-state index >= 15 is 0 Å². The van der Waals surface area contributed by atoms with E-state index in [1.54, 1.807) is 23.9 Å². The van der Waals surface area contributed by atoms with Crippen LogP contribution in [0.2, 0.25) is 0 Å². The smallest absolute Gasteiger partial charge is 0.322 e. The maximum atomic E-state index is 12.7. The van der Waals surface area contributed by atoms with Gasteiger partial charge in [0.1, 0.15) is 0 Å². The Labute approximate surface area is 137 Å². The Kier molecular flexibility index (Phi) is 5.71. The van der Waals surface area contributed by atoms with E-state index in [9.17, 15) is 18.0 Å². The van der Waals surface area contributed by atoms with Crippen LogP contribution in [-0.2, 0) is 6.18 Å². The minimum absolute atomic E-state index is 0.125. The van der Waals surface area contributed by atoms with Crippen LogP contribution in [0.5, 0.6) is 0 Å². The number of benzene rings is 2. The molecule has 0 aliphatic heterocycles. The van der Waals surface area contributed by atoms with E-state index in [0.717, 1.165) is 29.2 Å². The summed E-state index contributed by atoms with van der Waals surface area (Å²) >= 11 is 1.55. The molecule has 122 valence electrons. The molecule has 1 amide bonds. The van der Waals surface area contributed by atoms with Crippen molar-refractivity contribution in [3.63, 3.8) is 0 Å². The summed E-state index contributed by atoms with van der Waals surface area (Å²) in [5.41, 5.74) is -0.201. The van der Waals surface area contributed by atoms with Gasteiger partial charge in [0.15, 0.2) is 0 Å². The second-order valence-corrected chi connectivity index (χ2v) is 6.01. The highest BCUT2D eigenvalue weighted by Crippen LogP contribution is 2.31. The molecule has 23 heavy (non-hydrogen) atoms. The first-order chi connectivity index (χ1) is 10.9. The largest absolute Gasteiger partial charge is 0.416 e. The minimum Gasteiger partial charge on any atom is -0.322 e. The molecule has 1 N–H and O–H groups in total. The Morgan fingerprint density at radius 2 is 1.87 bits per heavy atom. The lowest BCUT2D eigenvalue weighted by molar-refractivity contribution is -0.137. The molecule has 0 atom stereocenters. The summed E-state index contributed by atoms with van der Waals surface area (Å²) < 4.78 is 38.1. The van der Waals surface area contributed by atoms with Crippen molar-refractivity contribution < 1.29 is 18.0 Å². The van der Waals surface area contributed by atoms with E-state index in [0.29, 0.717) is 5.56 Å². The topological polar surface area (TPSA) is 29.1 Å². The predicted molar refractivity (Wildman–Crippen MR) is 86.9 cm³/mol. The third kappa shape index (κ3) is 4.76. The quantitative estimate of drug-likeness (QED) is 0.733. The zero-order valence-corrected chi connectivity index (χ0v) is 13.3. The highest BCUT2D eigenvalue weighted by Gasteiger charge is 2.30. The molecule has 2 aromatic rings. The van der Waals surface area contributed by atoms with Crippen molar-refractivity contribution in [1.82, 2.24) is 0 Å². The van der Waals surface area contributed by atoms with Crippen molar-refractivity contribution >= 4 is 23.4 Å². The van der Waals surface area contributed by atoms with Gasteiger partial charge in [0.2, 0.25) is 0 Å². The Morgan fingerprint density at radius 3 is 2.57 bits per heavy atom. The molecule has 0 bridgehead atoms. The molecule has 0 unspecified atom stereocenters. The fourth-order valence-corrected chi connectivity index (χ4v) is 2.88. The standard InChI is InChI=1S/C17H16F3NOS/c1-2-10-23-15-9-4-3-8-14(15)16(22)21-13-7-5-6-12(11-13)17(18,19)20/h3-9,11H,2,10H2,1H3,(H,21,22). The van der Waals surface area contributed by atoms with Gasteiger partial charge in [-0.3, -0.25) is 4.79 Å². The third-order valence-electron chi connectivity index (χ3n) is 3.04. The van der Waals surface area contributed by atoms with Gasteiger partial charge in [-0.15, -0.1) is 11.8 Å². The van der Waals surface area contributed by atoms with Gasteiger partial charge in [-0.2, -0.15) is 13.2 Å². The zero-order chi connectivity index (χ0) is 16.9. The van der Waals surface area contributed by atoms with Crippen LogP contribution in [-0.4, -0.2) is 11.7 Å². The number of anilines is 1. The lowest BCUT2D eigenvalue weighted by Gasteiger charge is -2.11. The van der Waals surface area contributed by atoms with Crippen LogP contribution in [0.3, 0.4) is 0 Å². The number of carbonyl (C=O) groups excluding carboxylic acids is 1. The van der Waals surface area contributed by atoms with E-state index < -0.39 is 17.6 Å². The van der Waals surface area contributed by atoms with Gasteiger partial charge in [0.05, 0.1) is 11.1 Å². The molecule has 0 saturated heterocycles. The van der Waals surface area contributed by atoms with Gasteiger partial charge >= 0.3 is 6.18 Å². The van der Waals surface area contributed by atoms with E-state index in [1.165, 1.54) is 12.1 Å². The molecular formula is C17H16F3NOS. The lowest BCUT2D eigenvalue weighted by atomic mass is 10.1. The van der Waals surface area contributed by atoms with Crippen molar-refractivity contribution in [1.29, 1.82) is 0 Å². The number of hydrogen-bond acceptors (Lipinski definition) is 2. The molecule has 0 fully saturated rings. The number of thioether (sulfide) groups is 1. The average molecular weight is 339 g/mol. The van der Waals surface area contributed by atoms with Gasteiger partial charge in [0, 0.05) is 10.6 Å². The van der Waals surface area contributed by atoms with Gasteiger partial charge in [-0.1, -0.05) is 25.1 Å². The normalized spacial score (nSPS) is 11.3. The highest BCUT2D eigenvalue weighted by molar-refractivity contribution is 7.99. The third-order valence-corrected chi connectivity index (χ3v) is 4.32. The molecule has 0 spiro atoms. The van der Waals surface area contributed by atoms with Crippen LogP contribution in [0.25, 0.3) is 0 Å². The predicted octanol–water partition coefficient (Wildman–Crippen LogP) is 5.46. The van der Waals surface area contributed by atoms with E-state index in [2.05, 4.69) is 5.32 Å². The first kappa shape index (κ1) is 17.4. The maximum absolute atomic E-state index is 12.7. The molecule has 2 rings (SSSR count). The lowest BCUT2D eigenvalue weighted by Crippen LogP contribution is -2.14. The van der Waals surface area contributed by atoms with Crippen LogP contribution in [0.4, 0.5) is 18.9 Å². The first-order valence-corrected chi connectivity index (χ1v) is 8.11. The first-order valence-electron chi connectivity index (χ1n) is 7.12. The second kappa shape index (κ2) is 7.55. The van der Waals surface area contributed by atoms with E-state index in [4.69, 9.17) is 0 Å². The Morgan fingerprint density at radius 1 is 1.13 bits per heavy atom. The summed E-state index contributed by atoms with van der Waals surface area (Å²) in [6, 6.07) is 11.7. The van der Waals surface area contributed by atoms with Crippen molar-refractivity contribution in [3.8, 4) is 0 Å². The SMILES string of the molecule is CCCSc1ccccc1C(=O)Nc1cccc(C(F)(F)F)c1. The Balaban J connectivity index is 2.20. The van der Waals surface area contributed by atoms with Crippen molar-refractivity contribution in [2.24, 2.45) is 0 Å². The van der Waals surface area contributed by atoms with Crippen LogP contribution < -0.4 is 5.32 Å². The fraction of sp³-hybridized carbons (Fsp3) is 0.235. The van der Waals surface area contributed by atoms with Crippen molar-refractivity contribution in [2.45, 2.75) is 24.4 Å². The summed E-state index contributed by atoms with van der Waals surface area (Å²) in [5, 5.41) is 2.54. The molecule has 0 heterocycles. The van der Waals surface area contributed by atoms with Gasteiger partial charge < -0.3 is 5.32 Å². The molecule has 2 nitrogen and oxygen atoms in total. The molecule has 6 heteroatoms. The molecule has 0 aliphatic rings.